The van der Waals surface area contributed by atoms with E-state index in [1.165, 1.54) is 0 Å². The maximum Gasteiger partial charge on any atom is 0.328 e. The van der Waals surface area contributed by atoms with Crippen molar-refractivity contribution in [3.8, 4) is 0 Å². The highest BCUT2D eigenvalue weighted by molar-refractivity contribution is 6.33. The monoisotopic (exact) mass is 460 g/mol. The summed E-state index contributed by atoms with van der Waals surface area (Å²) in [6.45, 7) is 8.59. The first-order valence-electron chi connectivity index (χ1n) is 12.0. The molecular weight excluding hydrogens is 420 g/mol. The molecular formula is C24H41ClO6. The van der Waals surface area contributed by atoms with Crippen LogP contribution in [0.1, 0.15) is 91.9 Å². The van der Waals surface area contributed by atoms with Crippen LogP contribution in [0.2, 0.25) is 0 Å². The molecule has 0 aromatic heterocycles. The Morgan fingerprint density at radius 2 is 1.48 bits per heavy atom. The van der Waals surface area contributed by atoms with Gasteiger partial charge in [-0.2, -0.15) is 0 Å². The van der Waals surface area contributed by atoms with Crippen LogP contribution in [0.15, 0.2) is 0 Å². The second kappa shape index (κ2) is 13.0. The summed E-state index contributed by atoms with van der Waals surface area (Å²) >= 11 is 6.08. The Morgan fingerprint density at radius 3 is 2.06 bits per heavy atom. The molecule has 2 saturated carbocycles. The Bertz CT molecular complexity index is 550. The molecule has 31 heavy (non-hydrogen) atoms. The number of halogens is 1. The molecule has 2 atom stereocenters. The van der Waals surface area contributed by atoms with E-state index in [1.54, 1.807) is 6.92 Å². The number of ether oxygens (including phenoxy) is 4. The fraction of sp³-hybridized carbons (Fsp3) is 0.917. The van der Waals surface area contributed by atoms with Gasteiger partial charge in [-0.1, -0.05) is 27.2 Å². The summed E-state index contributed by atoms with van der Waals surface area (Å²) in [4.78, 5) is 23.4. The van der Waals surface area contributed by atoms with Crippen LogP contribution in [0.4, 0.5) is 0 Å². The van der Waals surface area contributed by atoms with Gasteiger partial charge in [0.1, 0.15) is 11.0 Å². The Kier molecular flexibility index (Phi) is 11.1. The minimum absolute atomic E-state index is 0.00171. The smallest absolute Gasteiger partial charge is 0.328 e. The molecule has 0 heterocycles. The van der Waals surface area contributed by atoms with Gasteiger partial charge in [-0.15, -0.1) is 11.6 Å². The van der Waals surface area contributed by atoms with E-state index in [2.05, 4.69) is 13.8 Å². The number of rotatable bonds is 11. The molecule has 0 amide bonds. The minimum atomic E-state index is -1.01. The van der Waals surface area contributed by atoms with Crippen LogP contribution in [0.3, 0.4) is 0 Å². The summed E-state index contributed by atoms with van der Waals surface area (Å²) in [5.74, 6) is -0.00443. The van der Waals surface area contributed by atoms with Crippen LogP contribution in [0.25, 0.3) is 0 Å². The molecule has 0 aliphatic heterocycles. The van der Waals surface area contributed by atoms with Gasteiger partial charge in [-0.25, -0.2) is 0 Å². The molecule has 0 saturated heterocycles. The fourth-order valence-corrected chi connectivity index (χ4v) is 3.99. The van der Waals surface area contributed by atoms with Gasteiger partial charge in [0, 0.05) is 6.61 Å². The lowest BCUT2D eigenvalue weighted by Crippen LogP contribution is -2.34. The number of carbonyl (C=O) groups excluding carboxylic acids is 2. The number of hydrogen-bond donors (Lipinski definition) is 0. The number of hydrogen-bond acceptors (Lipinski definition) is 6. The third-order valence-electron chi connectivity index (χ3n) is 6.81. The Hall–Kier alpha value is -0.850. The first kappa shape index (κ1) is 26.4. The largest absolute Gasteiger partial charge is 0.462 e. The van der Waals surface area contributed by atoms with Crippen LogP contribution < -0.4 is 0 Å². The molecule has 2 fully saturated rings. The maximum atomic E-state index is 12.6. The van der Waals surface area contributed by atoms with Crippen molar-refractivity contribution in [1.29, 1.82) is 0 Å². The van der Waals surface area contributed by atoms with Crippen molar-refractivity contribution < 1.29 is 28.5 Å². The van der Waals surface area contributed by atoms with E-state index in [0.717, 1.165) is 64.4 Å². The lowest BCUT2D eigenvalue weighted by atomic mass is 9.87. The third-order valence-corrected chi connectivity index (χ3v) is 7.23. The lowest BCUT2D eigenvalue weighted by Gasteiger charge is -2.32. The van der Waals surface area contributed by atoms with E-state index in [0.29, 0.717) is 18.4 Å². The molecule has 2 rings (SSSR count). The molecule has 2 unspecified atom stereocenters. The fourth-order valence-electron chi connectivity index (χ4n) is 3.94. The average molecular weight is 461 g/mol. The predicted octanol–water partition coefficient (Wildman–Crippen LogP) is 5.39. The van der Waals surface area contributed by atoms with Gasteiger partial charge >= 0.3 is 11.9 Å². The topological polar surface area (TPSA) is 71.1 Å². The van der Waals surface area contributed by atoms with E-state index in [9.17, 15) is 9.59 Å². The minimum Gasteiger partial charge on any atom is -0.462 e. The molecule has 6 nitrogen and oxygen atoms in total. The van der Waals surface area contributed by atoms with E-state index >= 15 is 0 Å². The number of esters is 2. The Labute approximate surface area is 192 Å². The summed E-state index contributed by atoms with van der Waals surface area (Å²) < 4.78 is 22.6. The van der Waals surface area contributed by atoms with Crippen LogP contribution >= 0.6 is 11.6 Å². The van der Waals surface area contributed by atoms with Gasteiger partial charge in [0.25, 0.3) is 0 Å². The highest BCUT2D eigenvalue weighted by Gasteiger charge is 2.33. The second-order valence-corrected chi connectivity index (χ2v) is 10.3. The van der Waals surface area contributed by atoms with Crippen molar-refractivity contribution >= 4 is 23.5 Å². The van der Waals surface area contributed by atoms with Gasteiger partial charge in [0.2, 0.25) is 0 Å². The van der Waals surface area contributed by atoms with Crippen LogP contribution in [0.5, 0.6) is 0 Å². The van der Waals surface area contributed by atoms with Gasteiger partial charge in [-0.05, 0) is 70.6 Å². The van der Waals surface area contributed by atoms with Crippen LogP contribution in [-0.2, 0) is 28.5 Å². The quantitative estimate of drug-likeness (QED) is 0.234. The molecule has 0 aromatic carbocycles. The zero-order chi connectivity index (χ0) is 22.9. The van der Waals surface area contributed by atoms with Crippen molar-refractivity contribution in [2.45, 2.75) is 115 Å². The zero-order valence-corrected chi connectivity index (χ0v) is 20.5. The molecule has 0 spiro atoms. The lowest BCUT2D eigenvalue weighted by molar-refractivity contribution is -0.167. The highest BCUT2D eigenvalue weighted by atomic mass is 35.5. The van der Waals surface area contributed by atoms with Crippen molar-refractivity contribution in [2.75, 3.05) is 13.4 Å². The second-order valence-electron chi connectivity index (χ2n) is 9.42. The van der Waals surface area contributed by atoms with Crippen LogP contribution in [-0.4, -0.2) is 48.5 Å². The summed E-state index contributed by atoms with van der Waals surface area (Å²) in [6.07, 6.45) is 8.67. The van der Waals surface area contributed by atoms with Gasteiger partial charge in [-0.3, -0.25) is 9.59 Å². The predicted molar refractivity (Wildman–Crippen MR) is 120 cm³/mol. The number of alkyl halides is 1. The molecule has 2 aliphatic carbocycles. The Morgan fingerprint density at radius 1 is 0.935 bits per heavy atom. The van der Waals surface area contributed by atoms with Crippen molar-refractivity contribution in [3.05, 3.63) is 0 Å². The first-order chi connectivity index (χ1) is 14.7. The van der Waals surface area contributed by atoms with Gasteiger partial charge in [0.05, 0.1) is 18.1 Å². The molecule has 0 aromatic rings. The Balaban J connectivity index is 1.59. The molecule has 7 heteroatoms. The summed E-state index contributed by atoms with van der Waals surface area (Å²) in [6, 6.07) is 0. The number of carbonyl (C=O) groups is 2. The maximum absolute atomic E-state index is 12.6. The van der Waals surface area contributed by atoms with Crippen molar-refractivity contribution in [2.24, 2.45) is 11.8 Å². The third kappa shape index (κ3) is 8.89. The summed E-state index contributed by atoms with van der Waals surface area (Å²) in [5.41, 5.74) is 0. The van der Waals surface area contributed by atoms with E-state index in [-0.39, 0.29) is 30.9 Å². The van der Waals surface area contributed by atoms with Gasteiger partial charge < -0.3 is 18.9 Å². The molecule has 0 radical (unpaired) electrons. The highest BCUT2D eigenvalue weighted by Crippen LogP contribution is 2.30. The summed E-state index contributed by atoms with van der Waals surface area (Å²) in [7, 11) is 0. The van der Waals surface area contributed by atoms with Crippen molar-refractivity contribution in [3.63, 3.8) is 0 Å². The molecule has 180 valence electrons. The van der Waals surface area contributed by atoms with Crippen molar-refractivity contribution in [1.82, 2.24) is 0 Å². The average Bonchev–Trinajstić information content (AvgIpc) is 2.78. The molecule has 0 N–H and O–H groups in total. The van der Waals surface area contributed by atoms with Crippen LogP contribution in [0, 0.1) is 11.8 Å². The molecule has 2 aliphatic rings. The van der Waals surface area contributed by atoms with E-state index in [4.69, 9.17) is 30.5 Å². The normalized spacial score (nSPS) is 29.6. The standard InChI is InChI=1S/C24H41ClO6/c1-5-17(3)15-28-19-11-13-21(14-12-19)31-22(26)18-7-9-20(10-8-18)29-16-30-23(27)24(4,25)6-2/h17-21H,5-16H2,1-4H3. The SMILES string of the molecule is CCC(C)COC1CCC(OC(=O)C2CCC(OCOC(=O)C(C)(Cl)CC)CC2)CC1. The van der Waals surface area contributed by atoms with E-state index < -0.39 is 10.8 Å². The molecule has 0 bridgehead atoms. The first-order valence-corrected chi connectivity index (χ1v) is 12.4. The van der Waals surface area contributed by atoms with Gasteiger partial charge in [0.15, 0.2) is 6.79 Å². The van der Waals surface area contributed by atoms with E-state index in [1.807, 2.05) is 6.92 Å². The summed E-state index contributed by atoms with van der Waals surface area (Å²) in [5, 5.41) is 0. The zero-order valence-electron chi connectivity index (χ0n) is 19.7.